The number of amides is 8. The lowest BCUT2D eigenvalue weighted by molar-refractivity contribution is -0.143. The van der Waals surface area contributed by atoms with Crippen molar-refractivity contribution >= 4 is 59.2 Å². The van der Waals surface area contributed by atoms with E-state index in [1.807, 2.05) is 13.8 Å². The summed E-state index contributed by atoms with van der Waals surface area (Å²) < 4.78 is 0. The van der Waals surface area contributed by atoms with Crippen molar-refractivity contribution in [1.29, 1.82) is 0 Å². The van der Waals surface area contributed by atoms with Crippen LogP contribution in [0.3, 0.4) is 0 Å². The molecule has 9 atom stereocenters. The molecule has 438 valence electrons. The lowest BCUT2D eigenvalue weighted by Crippen LogP contribution is -2.62. The van der Waals surface area contributed by atoms with E-state index in [1.54, 1.807) is 102 Å². The Morgan fingerprint density at radius 3 is 1.19 bits per heavy atom. The summed E-state index contributed by atoms with van der Waals surface area (Å²) in [4.78, 5) is 136. The zero-order valence-corrected chi connectivity index (χ0v) is 46.7. The van der Waals surface area contributed by atoms with E-state index in [2.05, 4.69) is 42.5 Å². The molecule has 0 unspecified atom stereocenters. The number of benzene rings is 3. The maximum atomic E-state index is 14.4. The van der Waals surface area contributed by atoms with Gasteiger partial charge in [0.2, 0.25) is 47.3 Å². The summed E-state index contributed by atoms with van der Waals surface area (Å²) in [6.45, 7) is 12.8. The van der Waals surface area contributed by atoms with Crippen LogP contribution in [0.15, 0.2) is 84.9 Å². The van der Waals surface area contributed by atoms with E-state index in [-0.39, 0.29) is 55.6 Å². The molecule has 0 spiro atoms. The SMILES string of the molecule is CC(C)C[C@H](NC(=O)[C@H](Cc1ccccc1)NC(=O)[C@H](Cc1ccccc1)NC(=O)[C@H](CC(C)C)NC(=O)[C@H](CO)NC(=O)[C@H](CC(=O)O)NC(=O)[C@@H](NC(=O)[C@H](Cc1ccc(O)cc1)NC(=O)[C@@H](N)CC(C)C)C(C)C)C(=O)O. The van der Waals surface area contributed by atoms with Gasteiger partial charge >= 0.3 is 11.9 Å². The largest absolute Gasteiger partial charge is 0.508 e. The minimum atomic E-state index is -1.90. The third-order valence-corrected chi connectivity index (χ3v) is 12.6. The summed E-state index contributed by atoms with van der Waals surface area (Å²) in [5.74, 6) is -11.2. The molecule has 0 aromatic heterocycles. The predicted octanol–water partition coefficient (Wildman–Crippen LogP) is 0.972. The van der Waals surface area contributed by atoms with Gasteiger partial charge in [-0.15, -0.1) is 0 Å². The predicted molar refractivity (Wildman–Crippen MR) is 296 cm³/mol. The number of rotatable bonds is 33. The molecule has 3 rings (SSSR count). The van der Waals surface area contributed by atoms with E-state index in [0.717, 1.165) is 0 Å². The highest BCUT2D eigenvalue weighted by Gasteiger charge is 2.37. The number of carboxylic acids is 2. The number of carboxylic acid groups (broad SMARTS) is 2. The summed E-state index contributed by atoms with van der Waals surface area (Å²) in [6.07, 6.45) is -0.924. The Bertz CT molecular complexity index is 2550. The fourth-order valence-corrected chi connectivity index (χ4v) is 8.47. The first-order valence-corrected chi connectivity index (χ1v) is 26.8. The van der Waals surface area contributed by atoms with E-state index in [4.69, 9.17) is 5.73 Å². The number of carbonyl (C=O) groups is 10. The van der Waals surface area contributed by atoms with Gasteiger partial charge in [0.15, 0.2) is 0 Å². The quantitative estimate of drug-likeness (QED) is 0.0404. The lowest BCUT2D eigenvalue weighted by Gasteiger charge is -2.29. The number of aliphatic hydroxyl groups excluding tert-OH is 1. The first-order valence-electron chi connectivity index (χ1n) is 26.8. The van der Waals surface area contributed by atoms with Gasteiger partial charge in [-0.05, 0) is 71.8 Å². The summed E-state index contributed by atoms with van der Waals surface area (Å²) in [7, 11) is 0. The summed E-state index contributed by atoms with van der Waals surface area (Å²) in [5, 5.41) is 60.2. The molecule has 0 saturated heterocycles. The van der Waals surface area contributed by atoms with Gasteiger partial charge in [-0.25, -0.2) is 4.79 Å². The number of carbonyl (C=O) groups excluding carboxylic acids is 8. The Morgan fingerprint density at radius 1 is 0.412 bits per heavy atom. The monoisotopic (exact) mass is 1120 g/mol. The van der Waals surface area contributed by atoms with E-state index >= 15 is 0 Å². The topological polar surface area (TPSA) is 374 Å². The van der Waals surface area contributed by atoms with Crippen LogP contribution < -0.4 is 48.3 Å². The lowest BCUT2D eigenvalue weighted by atomic mass is 9.99. The van der Waals surface area contributed by atoms with Crippen LogP contribution in [0, 0.1) is 23.7 Å². The normalized spacial score (nSPS) is 14.7. The molecule has 8 amide bonds. The maximum Gasteiger partial charge on any atom is 0.326 e. The van der Waals surface area contributed by atoms with Crippen molar-refractivity contribution in [2.75, 3.05) is 6.61 Å². The van der Waals surface area contributed by atoms with Crippen molar-refractivity contribution in [2.24, 2.45) is 29.4 Å². The Morgan fingerprint density at radius 2 is 0.762 bits per heavy atom. The van der Waals surface area contributed by atoms with Gasteiger partial charge in [-0.3, -0.25) is 43.2 Å². The Hall–Kier alpha value is -7.92. The van der Waals surface area contributed by atoms with Crippen molar-refractivity contribution in [3.63, 3.8) is 0 Å². The fraction of sp³-hybridized carbons (Fsp3) is 0.509. The number of phenols is 1. The fourth-order valence-electron chi connectivity index (χ4n) is 8.47. The van der Waals surface area contributed by atoms with Crippen LogP contribution in [0.4, 0.5) is 0 Å². The first kappa shape index (κ1) is 66.4. The zero-order chi connectivity index (χ0) is 59.8. The molecular weight excluding hydrogens is 1030 g/mol. The molecule has 80 heavy (non-hydrogen) atoms. The van der Waals surface area contributed by atoms with Crippen molar-refractivity contribution in [1.82, 2.24) is 42.5 Å². The van der Waals surface area contributed by atoms with Crippen LogP contribution in [0.2, 0.25) is 0 Å². The molecule has 0 fully saturated rings. The molecule has 23 heteroatoms. The summed E-state index contributed by atoms with van der Waals surface area (Å²) in [5.41, 5.74) is 7.87. The molecule has 0 saturated carbocycles. The number of aliphatic hydroxyl groups is 1. The Labute approximate surface area is 466 Å². The number of nitrogens with two attached hydrogens (primary N) is 1. The van der Waals surface area contributed by atoms with Crippen molar-refractivity contribution in [3.8, 4) is 5.75 Å². The van der Waals surface area contributed by atoms with Crippen LogP contribution in [0.5, 0.6) is 5.75 Å². The highest BCUT2D eigenvalue weighted by Crippen LogP contribution is 2.15. The molecule has 14 N–H and O–H groups in total. The third kappa shape index (κ3) is 23.2. The smallest absolute Gasteiger partial charge is 0.326 e. The van der Waals surface area contributed by atoms with E-state index in [9.17, 15) is 68.4 Å². The number of nitrogens with one attached hydrogen (secondary N) is 8. The van der Waals surface area contributed by atoms with Crippen molar-refractivity contribution in [3.05, 3.63) is 102 Å². The van der Waals surface area contributed by atoms with E-state index < -0.39 is 133 Å². The third-order valence-electron chi connectivity index (χ3n) is 12.6. The number of hydrogen-bond acceptors (Lipinski definition) is 13. The average molecular weight is 1120 g/mol. The average Bonchev–Trinajstić information content (AvgIpc) is 3.38. The molecule has 3 aromatic rings. The Balaban J connectivity index is 1.87. The minimum absolute atomic E-state index is 0.0407. The number of phenolic OH excluding ortho intramolecular Hbond substituents is 1. The van der Waals surface area contributed by atoms with E-state index in [1.165, 1.54) is 24.3 Å². The molecule has 0 bridgehead atoms. The van der Waals surface area contributed by atoms with Gasteiger partial charge < -0.3 is 68.7 Å². The first-order chi connectivity index (χ1) is 37.7. The Kier molecular flexibility index (Phi) is 27.3. The van der Waals surface area contributed by atoms with Gasteiger partial charge in [-0.1, -0.05) is 128 Å². The highest BCUT2D eigenvalue weighted by atomic mass is 16.4. The van der Waals surface area contributed by atoms with Gasteiger partial charge in [0.05, 0.1) is 19.1 Å². The van der Waals surface area contributed by atoms with Crippen LogP contribution in [-0.2, 0) is 67.2 Å². The molecular formula is C57H81N9O14. The number of aliphatic carboxylic acids is 2. The van der Waals surface area contributed by atoms with Gasteiger partial charge in [-0.2, -0.15) is 0 Å². The van der Waals surface area contributed by atoms with E-state index in [0.29, 0.717) is 23.1 Å². The van der Waals surface area contributed by atoms with Crippen molar-refractivity contribution in [2.45, 2.75) is 155 Å². The van der Waals surface area contributed by atoms with Gasteiger partial charge in [0, 0.05) is 19.3 Å². The molecule has 23 nitrogen and oxygen atoms in total. The summed E-state index contributed by atoms with van der Waals surface area (Å²) >= 11 is 0. The van der Waals surface area contributed by atoms with Gasteiger partial charge in [0.25, 0.3) is 0 Å². The molecule has 3 aromatic carbocycles. The van der Waals surface area contributed by atoms with Crippen LogP contribution in [0.1, 0.15) is 97.8 Å². The summed E-state index contributed by atoms with van der Waals surface area (Å²) in [6, 6.07) is 10.3. The second-order valence-corrected chi connectivity index (χ2v) is 21.5. The van der Waals surface area contributed by atoms with Crippen LogP contribution >= 0.6 is 0 Å². The maximum absolute atomic E-state index is 14.4. The molecule has 0 aliphatic carbocycles. The standard InChI is InChI=1S/C57H81N9O14/c1-31(2)23-39(58)49(71)59-43(28-37-19-21-38(68)22-20-37)54(76)66-48(34(7)8)56(78)63-44(29-47(69)70)53(75)65-46(30-67)55(77)60-40(24-32(3)4)50(72)61-41(26-35-15-11-9-12-16-35)51(73)62-42(27-36-17-13-10-14-18-36)52(74)64-45(57(79)80)25-33(5)6/h9-22,31-34,39-46,48,67-68H,23-30,58H2,1-8H3,(H,59,71)(H,60,77)(H,61,72)(H,62,73)(H,63,78)(H,64,74)(H,65,75)(H,66,76)(H,69,70)(H,79,80)/t39-,40-,41-,42-,43-,44-,45-,46-,48-/m0/s1. The van der Waals surface area contributed by atoms with Crippen molar-refractivity contribution < 1.29 is 68.4 Å². The zero-order valence-electron chi connectivity index (χ0n) is 46.7. The minimum Gasteiger partial charge on any atom is -0.508 e. The highest BCUT2D eigenvalue weighted by molar-refractivity contribution is 5.99. The molecule has 0 heterocycles. The number of hydrogen-bond donors (Lipinski definition) is 13. The van der Waals surface area contributed by atoms with Crippen LogP contribution in [0.25, 0.3) is 0 Å². The molecule has 0 radical (unpaired) electrons. The molecule has 0 aliphatic heterocycles. The second kappa shape index (κ2) is 32.9. The van der Waals surface area contributed by atoms with Gasteiger partial charge in [0.1, 0.15) is 54.1 Å². The van der Waals surface area contributed by atoms with Crippen LogP contribution in [-0.4, -0.2) is 141 Å². The number of aromatic hydroxyl groups is 1. The second-order valence-electron chi connectivity index (χ2n) is 21.5. The molecule has 0 aliphatic rings.